The second kappa shape index (κ2) is 5.44. The molecule has 0 radical (unpaired) electrons. The zero-order valence-corrected chi connectivity index (χ0v) is 11.5. The number of hydrogen-bond donors (Lipinski definition) is 0. The van der Waals surface area contributed by atoms with Crippen molar-refractivity contribution in [2.24, 2.45) is 0 Å². The first-order valence-corrected chi connectivity index (χ1v) is 8.49. The summed E-state index contributed by atoms with van der Waals surface area (Å²) < 4.78 is 0. The Labute approximate surface area is 108 Å². The molecule has 0 amide bonds. The maximum Gasteiger partial charge on any atom is 0.0307 e. The lowest BCUT2D eigenvalue weighted by Crippen LogP contribution is -2.13. The van der Waals surface area contributed by atoms with E-state index < -0.39 is 6.04 Å². The van der Waals surface area contributed by atoms with Crippen LogP contribution in [-0.2, 0) is 11.8 Å². The molecule has 2 rings (SSSR count). The van der Waals surface area contributed by atoms with E-state index in [9.17, 15) is 0 Å². The first-order valence-electron chi connectivity index (χ1n) is 5.62. The number of benzene rings is 2. The van der Waals surface area contributed by atoms with Crippen molar-refractivity contribution in [3.05, 3.63) is 72.6 Å². The van der Waals surface area contributed by atoms with Gasteiger partial charge in [-0.15, -0.1) is 0 Å². The molecule has 0 saturated carbocycles. The predicted octanol–water partition coefficient (Wildman–Crippen LogP) is 3.65. The van der Waals surface area contributed by atoms with Gasteiger partial charge in [0.2, 0.25) is 0 Å². The SMILES string of the molecule is C/C=C\P(=S)(c1ccccc1)c1ccccc1. The van der Waals surface area contributed by atoms with Crippen LogP contribution in [0, 0.1) is 0 Å². The van der Waals surface area contributed by atoms with Crippen LogP contribution in [0.4, 0.5) is 0 Å². The van der Waals surface area contributed by atoms with Crippen LogP contribution in [-0.4, -0.2) is 0 Å². The van der Waals surface area contributed by atoms with E-state index >= 15 is 0 Å². The van der Waals surface area contributed by atoms with E-state index in [2.05, 4.69) is 60.4 Å². The predicted molar refractivity (Wildman–Crippen MR) is 81.3 cm³/mol. The summed E-state index contributed by atoms with van der Waals surface area (Å²) >= 11 is 5.96. The second-order valence-electron chi connectivity index (χ2n) is 3.81. The molecule has 2 aromatic rings. The largest absolute Gasteiger partial charge is 0.0858 e. The van der Waals surface area contributed by atoms with E-state index in [1.54, 1.807) is 0 Å². The smallest absolute Gasteiger partial charge is 0.0307 e. The molecule has 0 saturated heterocycles. The molecular weight excluding hydrogens is 243 g/mol. The second-order valence-corrected chi connectivity index (χ2v) is 8.19. The van der Waals surface area contributed by atoms with Crippen LogP contribution in [0.2, 0.25) is 0 Å². The van der Waals surface area contributed by atoms with Crippen LogP contribution >= 0.6 is 6.04 Å². The summed E-state index contributed by atoms with van der Waals surface area (Å²) in [5.41, 5.74) is 0. The summed E-state index contributed by atoms with van der Waals surface area (Å²) in [5.74, 6) is 2.19. The fourth-order valence-corrected chi connectivity index (χ4v) is 5.22. The first-order chi connectivity index (χ1) is 8.27. The van der Waals surface area contributed by atoms with Gasteiger partial charge in [-0.05, 0) is 23.3 Å². The normalized spacial score (nSPS) is 11.8. The molecule has 2 aromatic carbocycles. The van der Waals surface area contributed by atoms with Gasteiger partial charge in [0.15, 0.2) is 0 Å². The van der Waals surface area contributed by atoms with Gasteiger partial charge in [0.1, 0.15) is 0 Å². The Bertz CT molecular complexity index is 500. The van der Waals surface area contributed by atoms with Crippen molar-refractivity contribution in [2.45, 2.75) is 6.92 Å². The number of hydrogen-bond acceptors (Lipinski definition) is 1. The van der Waals surface area contributed by atoms with Crippen LogP contribution in [0.3, 0.4) is 0 Å². The van der Waals surface area contributed by atoms with Gasteiger partial charge in [-0.1, -0.05) is 78.5 Å². The van der Waals surface area contributed by atoms with Crippen molar-refractivity contribution in [1.29, 1.82) is 0 Å². The lowest BCUT2D eigenvalue weighted by atomic mass is 10.4. The van der Waals surface area contributed by atoms with Crippen LogP contribution in [0.15, 0.2) is 72.6 Å². The van der Waals surface area contributed by atoms with Crippen molar-refractivity contribution < 1.29 is 0 Å². The van der Waals surface area contributed by atoms with E-state index in [0.29, 0.717) is 0 Å². The highest BCUT2D eigenvalue weighted by molar-refractivity contribution is 8.23. The van der Waals surface area contributed by atoms with E-state index in [0.717, 1.165) is 0 Å². The third-order valence-corrected chi connectivity index (χ3v) is 7.12. The topological polar surface area (TPSA) is 0 Å². The molecule has 86 valence electrons. The number of rotatable bonds is 3. The minimum absolute atomic E-state index is 1.25. The molecular formula is C15H15PS. The Morgan fingerprint density at radius 3 is 1.59 bits per heavy atom. The third kappa shape index (κ3) is 2.57. The maximum atomic E-state index is 5.96. The van der Waals surface area contributed by atoms with E-state index in [1.807, 2.05) is 19.1 Å². The van der Waals surface area contributed by atoms with Crippen LogP contribution < -0.4 is 10.6 Å². The van der Waals surface area contributed by atoms with Crippen molar-refractivity contribution in [1.82, 2.24) is 0 Å². The maximum absolute atomic E-state index is 5.96. The van der Waals surface area contributed by atoms with Gasteiger partial charge in [-0.2, -0.15) is 0 Å². The standard InChI is InChI=1S/C15H15PS/c1-2-13-16(17,14-9-5-3-6-10-14)15-11-7-4-8-12-15/h2-13H,1H3/b13-2-. The van der Waals surface area contributed by atoms with Crippen LogP contribution in [0.25, 0.3) is 0 Å². The molecule has 0 N–H and O–H groups in total. The average Bonchev–Trinajstić information content (AvgIpc) is 2.41. The minimum atomic E-state index is -1.77. The van der Waals surface area contributed by atoms with E-state index in [4.69, 9.17) is 11.8 Å². The Balaban J connectivity index is 2.60. The Morgan fingerprint density at radius 1 is 0.824 bits per heavy atom. The zero-order chi connectivity index (χ0) is 12.1. The van der Waals surface area contributed by atoms with Crippen molar-refractivity contribution in [3.8, 4) is 0 Å². The van der Waals surface area contributed by atoms with Crippen LogP contribution in [0.1, 0.15) is 6.92 Å². The molecule has 2 heteroatoms. The highest BCUT2D eigenvalue weighted by Gasteiger charge is 2.17. The first kappa shape index (κ1) is 12.3. The summed E-state index contributed by atoms with van der Waals surface area (Å²) in [6.45, 7) is 2.03. The molecule has 0 aliphatic rings. The molecule has 0 spiro atoms. The Kier molecular flexibility index (Phi) is 3.93. The van der Waals surface area contributed by atoms with E-state index in [-0.39, 0.29) is 0 Å². The minimum Gasteiger partial charge on any atom is -0.0858 e. The fourth-order valence-electron chi connectivity index (χ4n) is 1.83. The lowest BCUT2D eigenvalue weighted by molar-refractivity contribution is 1.74. The van der Waals surface area contributed by atoms with Gasteiger partial charge in [-0.3, -0.25) is 0 Å². The van der Waals surface area contributed by atoms with Gasteiger partial charge in [-0.25, -0.2) is 0 Å². The van der Waals surface area contributed by atoms with Gasteiger partial charge in [0, 0.05) is 6.04 Å². The summed E-state index contributed by atoms with van der Waals surface area (Å²) in [5, 5.41) is 2.50. The molecule has 0 unspecified atom stereocenters. The monoisotopic (exact) mass is 258 g/mol. The Morgan fingerprint density at radius 2 is 1.24 bits per heavy atom. The van der Waals surface area contributed by atoms with Crippen molar-refractivity contribution in [3.63, 3.8) is 0 Å². The molecule has 17 heavy (non-hydrogen) atoms. The quantitative estimate of drug-likeness (QED) is 0.757. The van der Waals surface area contributed by atoms with Gasteiger partial charge in [0.25, 0.3) is 0 Å². The van der Waals surface area contributed by atoms with Gasteiger partial charge < -0.3 is 0 Å². The van der Waals surface area contributed by atoms with Gasteiger partial charge in [0.05, 0.1) is 0 Å². The van der Waals surface area contributed by atoms with Crippen molar-refractivity contribution in [2.75, 3.05) is 0 Å². The molecule has 0 aliphatic carbocycles. The van der Waals surface area contributed by atoms with Crippen molar-refractivity contribution >= 4 is 28.5 Å². The molecule has 0 atom stereocenters. The van der Waals surface area contributed by atoms with E-state index in [1.165, 1.54) is 10.6 Å². The lowest BCUT2D eigenvalue weighted by Gasteiger charge is -2.19. The fraction of sp³-hybridized carbons (Fsp3) is 0.0667. The summed E-state index contributed by atoms with van der Waals surface area (Å²) in [6.07, 6.45) is 2.07. The molecule has 0 aliphatic heterocycles. The average molecular weight is 258 g/mol. The highest BCUT2D eigenvalue weighted by Crippen LogP contribution is 2.45. The Hall–Kier alpha value is -1.17. The third-order valence-electron chi connectivity index (χ3n) is 2.64. The van der Waals surface area contributed by atoms with Crippen LogP contribution in [0.5, 0.6) is 0 Å². The molecule has 0 heterocycles. The zero-order valence-electron chi connectivity index (χ0n) is 9.78. The van der Waals surface area contributed by atoms with Gasteiger partial charge >= 0.3 is 0 Å². The molecule has 0 aromatic heterocycles. The summed E-state index contributed by atoms with van der Waals surface area (Å²) in [7, 11) is 0. The number of allylic oxidation sites excluding steroid dienone is 1. The molecule has 0 bridgehead atoms. The summed E-state index contributed by atoms with van der Waals surface area (Å²) in [6, 6.07) is 19.1. The highest BCUT2D eigenvalue weighted by atomic mass is 32.4. The summed E-state index contributed by atoms with van der Waals surface area (Å²) in [4.78, 5) is 0. The molecule has 0 nitrogen and oxygen atoms in total. The molecule has 0 fully saturated rings.